The van der Waals surface area contributed by atoms with Gasteiger partial charge in [-0.2, -0.15) is 0 Å². The minimum absolute atomic E-state index is 0.251. The first-order valence-electron chi connectivity index (χ1n) is 7.00. The predicted octanol–water partition coefficient (Wildman–Crippen LogP) is 3.86. The number of rotatable bonds is 5. The third kappa shape index (κ3) is 3.60. The number of aromatic nitrogens is 1. The Hall–Kier alpha value is -2.18. The lowest BCUT2D eigenvalue weighted by molar-refractivity contribution is 0.302. The van der Waals surface area contributed by atoms with Crippen molar-refractivity contribution in [2.24, 2.45) is 0 Å². The van der Waals surface area contributed by atoms with Gasteiger partial charge in [-0.1, -0.05) is 18.2 Å². The maximum Gasteiger partial charge on any atom is 0.206 e. The van der Waals surface area contributed by atoms with Crippen LogP contribution in [0.4, 0.5) is 0 Å². The molecule has 3 aromatic rings. The molecule has 0 radical (unpaired) electrons. The Labute approximate surface area is 139 Å². The molecule has 1 aromatic heterocycles. The highest BCUT2D eigenvalue weighted by molar-refractivity contribution is 7.91. The summed E-state index contributed by atoms with van der Waals surface area (Å²) < 4.78 is 30.6. The highest BCUT2D eigenvalue weighted by Gasteiger charge is 2.16. The van der Waals surface area contributed by atoms with Crippen molar-refractivity contribution in [1.82, 2.24) is 4.98 Å². The number of sulfone groups is 1. The Morgan fingerprint density at radius 1 is 1.00 bits per heavy atom. The largest absolute Gasteiger partial charge is 0.487 e. The zero-order valence-corrected chi connectivity index (χ0v) is 14.1. The summed E-state index contributed by atoms with van der Waals surface area (Å²) in [6.45, 7) is 2.31. The molecule has 0 aliphatic carbocycles. The Morgan fingerprint density at radius 2 is 1.65 bits per heavy atom. The fourth-order valence-corrected chi connectivity index (χ4v) is 3.96. The first kappa shape index (κ1) is 15.7. The van der Waals surface area contributed by atoms with Gasteiger partial charge in [-0.25, -0.2) is 13.4 Å². The molecule has 118 valence electrons. The number of hydrogen-bond donors (Lipinski definition) is 0. The summed E-state index contributed by atoms with van der Waals surface area (Å²) in [5.74, 6) is 0.614. The molecule has 0 unspecified atom stereocenters. The molecule has 23 heavy (non-hydrogen) atoms. The summed E-state index contributed by atoms with van der Waals surface area (Å²) in [5, 5.41) is 2.94. The van der Waals surface area contributed by atoms with E-state index in [1.807, 2.05) is 12.3 Å². The van der Waals surface area contributed by atoms with E-state index in [4.69, 9.17) is 4.74 Å². The summed E-state index contributed by atoms with van der Waals surface area (Å²) in [5.41, 5.74) is 0.869. The van der Waals surface area contributed by atoms with Crippen molar-refractivity contribution in [3.8, 4) is 5.75 Å². The first-order chi connectivity index (χ1) is 11.1. The average molecular weight is 345 g/mol. The molecule has 2 aromatic carbocycles. The van der Waals surface area contributed by atoms with E-state index in [1.165, 1.54) is 0 Å². The number of thiazole rings is 1. The Balaban J connectivity index is 1.74. The van der Waals surface area contributed by atoms with Gasteiger partial charge in [-0.05, 0) is 43.3 Å². The van der Waals surface area contributed by atoms with E-state index in [-0.39, 0.29) is 9.79 Å². The Morgan fingerprint density at radius 3 is 2.26 bits per heavy atom. The van der Waals surface area contributed by atoms with E-state index in [9.17, 15) is 8.42 Å². The minimum Gasteiger partial charge on any atom is -0.487 e. The summed E-state index contributed by atoms with van der Waals surface area (Å²) in [6.07, 6.45) is 0. The maximum absolute atomic E-state index is 12.5. The van der Waals surface area contributed by atoms with Gasteiger partial charge < -0.3 is 4.74 Å². The standard InChI is InChI=1S/C17H15NO3S2/c1-13-18-14(12-22-13)11-21-15-7-9-17(10-8-15)23(19,20)16-5-3-2-4-6-16/h2-10,12H,11H2,1H3. The van der Waals surface area contributed by atoms with Crippen LogP contribution in [-0.4, -0.2) is 13.4 Å². The zero-order chi connectivity index (χ0) is 16.3. The van der Waals surface area contributed by atoms with Gasteiger partial charge in [0.05, 0.1) is 20.5 Å². The molecule has 0 aliphatic heterocycles. The second-order valence-electron chi connectivity index (χ2n) is 4.93. The van der Waals surface area contributed by atoms with Crippen LogP contribution in [0.5, 0.6) is 5.75 Å². The topological polar surface area (TPSA) is 56.3 Å². The van der Waals surface area contributed by atoms with E-state index in [0.717, 1.165) is 10.7 Å². The first-order valence-corrected chi connectivity index (χ1v) is 9.36. The summed E-state index contributed by atoms with van der Waals surface area (Å²) in [4.78, 5) is 4.85. The van der Waals surface area contributed by atoms with Gasteiger partial charge in [0.25, 0.3) is 0 Å². The second kappa shape index (κ2) is 6.52. The van der Waals surface area contributed by atoms with Crippen LogP contribution in [0.1, 0.15) is 10.7 Å². The number of benzene rings is 2. The van der Waals surface area contributed by atoms with Crippen molar-refractivity contribution < 1.29 is 13.2 Å². The molecule has 0 N–H and O–H groups in total. The molecule has 6 heteroatoms. The molecule has 1 heterocycles. The molecular formula is C17H15NO3S2. The third-order valence-corrected chi connectivity index (χ3v) is 5.85. The second-order valence-corrected chi connectivity index (χ2v) is 7.95. The van der Waals surface area contributed by atoms with Gasteiger partial charge in [-0.15, -0.1) is 11.3 Å². The third-order valence-electron chi connectivity index (χ3n) is 3.24. The van der Waals surface area contributed by atoms with Gasteiger partial charge in [0.15, 0.2) is 0 Å². The molecule has 0 spiro atoms. The molecule has 4 nitrogen and oxygen atoms in total. The van der Waals surface area contributed by atoms with Gasteiger partial charge >= 0.3 is 0 Å². The summed E-state index contributed by atoms with van der Waals surface area (Å²) in [7, 11) is -3.49. The summed E-state index contributed by atoms with van der Waals surface area (Å²) in [6, 6.07) is 14.8. The van der Waals surface area contributed by atoms with Crippen molar-refractivity contribution in [3.05, 3.63) is 70.7 Å². The Bertz CT molecular complexity index is 885. The van der Waals surface area contributed by atoms with Gasteiger partial charge in [-0.3, -0.25) is 0 Å². The quantitative estimate of drug-likeness (QED) is 0.704. The number of aryl methyl sites for hydroxylation is 1. The van der Waals surface area contributed by atoms with Crippen molar-refractivity contribution in [2.45, 2.75) is 23.3 Å². The van der Waals surface area contributed by atoms with Gasteiger partial charge in [0.2, 0.25) is 9.84 Å². The van der Waals surface area contributed by atoms with E-state index in [0.29, 0.717) is 12.4 Å². The van der Waals surface area contributed by atoms with Crippen LogP contribution in [0.25, 0.3) is 0 Å². The molecule has 0 aliphatic rings. The molecule has 0 bridgehead atoms. The lowest BCUT2D eigenvalue weighted by atomic mass is 10.3. The van der Waals surface area contributed by atoms with Crippen LogP contribution in [0.2, 0.25) is 0 Å². The van der Waals surface area contributed by atoms with E-state index in [2.05, 4.69) is 4.98 Å². The smallest absolute Gasteiger partial charge is 0.206 e. The van der Waals surface area contributed by atoms with Crippen molar-refractivity contribution >= 4 is 21.2 Å². The fourth-order valence-electron chi connectivity index (χ4n) is 2.08. The van der Waals surface area contributed by atoms with Crippen LogP contribution in [0.3, 0.4) is 0 Å². The molecule has 0 amide bonds. The lowest BCUT2D eigenvalue weighted by Gasteiger charge is -2.07. The average Bonchev–Trinajstić information content (AvgIpc) is 3.00. The van der Waals surface area contributed by atoms with Crippen LogP contribution < -0.4 is 4.74 Å². The van der Waals surface area contributed by atoms with E-state index in [1.54, 1.807) is 65.9 Å². The summed E-state index contributed by atoms with van der Waals surface area (Å²) >= 11 is 1.57. The Kier molecular flexibility index (Phi) is 4.45. The lowest BCUT2D eigenvalue weighted by Crippen LogP contribution is -2.02. The SMILES string of the molecule is Cc1nc(COc2ccc(S(=O)(=O)c3ccccc3)cc2)cs1. The fraction of sp³-hybridized carbons (Fsp3) is 0.118. The predicted molar refractivity (Wildman–Crippen MR) is 89.5 cm³/mol. The molecular weight excluding hydrogens is 330 g/mol. The zero-order valence-electron chi connectivity index (χ0n) is 12.5. The maximum atomic E-state index is 12.5. The molecule has 0 saturated carbocycles. The molecule has 0 atom stereocenters. The van der Waals surface area contributed by atoms with Crippen LogP contribution in [0, 0.1) is 6.92 Å². The minimum atomic E-state index is -3.49. The van der Waals surface area contributed by atoms with Crippen molar-refractivity contribution in [1.29, 1.82) is 0 Å². The number of nitrogens with zero attached hydrogens (tertiary/aromatic N) is 1. The van der Waals surface area contributed by atoms with Crippen molar-refractivity contribution in [2.75, 3.05) is 0 Å². The normalized spacial score (nSPS) is 11.3. The van der Waals surface area contributed by atoms with Crippen molar-refractivity contribution in [3.63, 3.8) is 0 Å². The highest BCUT2D eigenvalue weighted by atomic mass is 32.2. The monoisotopic (exact) mass is 345 g/mol. The number of hydrogen-bond acceptors (Lipinski definition) is 5. The van der Waals surface area contributed by atoms with Gasteiger partial charge in [0.1, 0.15) is 12.4 Å². The van der Waals surface area contributed by atoms with E-state index < -0.39 is 9.84 Å². The van der Waals surface area contributed by atoms with Crippen LogP contribution in [-0.2, 0) is 16.4 Å². The number of ether oxygens (including phenoxy) is 1. The molecule has 3 rings (SSSR count). The molecule has 0 fully saturated rings. The van der Waals surface area contributed by atoms with Crippen LogP contribution >= 0.6 is 11.3 Å². The van der Waals surface area contributed by atoms with Gasteiger partial charge in [0, 0.05) is 5.38 Å². The van der Waals surface area contributed by atoms with E-state index >= 15 is 0 Å². The highest BCUT2D eigenvalue weighted by Crippen LogP contribution is 2.23. The molecule has 0 saturated heterocycles. The van der Waals surface area contributed by atoms with Crippen LogP contribution in [0.15, 0.2) is 69.8 Å².